The molecule has 0 saturated heterocycles. The van der Waals surface area contributed by atoms with Crippen LogP contribution in [0.15, 0.2) is 42.5 Å². The van der Waals surface area contributed by atoms with Crippen LogP contribution in [-0.2, 0) is 11.8 Å². The number of aromatic nitrogens is 1. The van der Waals surface area contributed by atoms with Gasteiger partial charge < -0.3 is 24.3 Å². The molecule has 0 aliphatic heterocycles. The minimum absolute atomic E-state index is 0.150. The van der Waals surface area contributed by atoms with E-state index in [0.717, 1.165) is 27.7 Å². The molecule has 0 spiro atoms. The standard InChI is InChI=1S/C22H26ClNO4/c1-6-27-22(25,26)21(3,4)28-17-11-12-19-18(13-17)20(14(2)24(19)5)15-7-9-16(23)10-8-15/h7-13,25-26H,6H2,1-5H3. The molecule has 0 bridgehead atoms. The molecular formula is C22H26ClNO4. The highest BCUT2D eigenvalue weighted by molar-refractivity contribution is 6.30. The van der Waals surface area contributed by atoms with E-state index in [2.05, 4.69) is 11.5 Å². The van der Waals surface area contributed by atoms with Gasteiger partial charge in [-0.25, -0.2) is 0 Å². The molecule has 5 nitrogen and oxygen atoms in total. The Morgan fingerprint density at radius 2 is 1.71 bits per heavy atom. The number of fused-ring (bicyclic) bond motifs is 1. The summed E-state index contributed by atoms with van der Waals surface area (Å²) in [5, 5.41) is 22.1. The van der Waals surface area contributed by atoms with Gasteiger partial charge >= 0.3 is 5.97 Å². The lowest BCUT2D eigenvalue weighted by Crippen LogP contribution is -2.55. The van der Waals surface area contributed by atoms with E-state index < -0.39 is 11.6 Å². The van der Waals surface area contributed by atoms with Crippen LogP contribution in [0.3, 0.4) is 0 Å². The Kier molecular flexibility index (Phi) is 5.47. The predicted octanol–water partition coefficient (Wildman–Crippen LogP) is 4.64. The summed E-state index contributed by atoms with van der Waals surface area (Å²) in [7, 11) is 2.02. The molecule has 0 amide bonds. The lowest BCUT2D eigenvalue weighted by molar-refractivity contribution is -0.394. The molecule has 0 fully saturated rings. The zero-order valence-electron chi connectivity index (χ0n) is 16.8. The largest absolute Gasteiger partial charge is 0.479 e. The van der Waals surface area contributed by atoms with Gasteiger partial charge in [0.1, 0.15) is 5.75 Å². The Hall–Kier alpha value is -2.05. The smallest absolute Gasteiger partial charge is 0.319 e. The Balaban J connectivity index is 2.08. The number of halogens is 1. The fourth-order valence-electron chi connectivity index (χ4n) is 3.33. The lowest BCUT2D eigenvalue weighted by Gasteiger charge is -2.37. The van der Waals surface area contributed by atoms with E-state index in [9.17, 15) is 10.2 Å². The molecule has 0 radical (unpaired) electrons. The fourth-order valence-corrected chi connectivity index (χ4v) is 3.46. The first kappa shape index (κ1) is 20.7. The van der Waals surface area contributed by atoms with Crippen LogP contribution in [0.4, 0.5) is 0 Å². The van der Waals surface area contributed by atoms with E-state index in [1.807, 2.05) is 49.5 Å². The van der Waals surface area contributed by atoms with Crippen molar-refractivity contribution in [3.63, 3.8) is 0 Å². The topological polar surface area (TPSA) is 63.9 Å². The normalized spacial score (nSPS) is 12.6. The third-order valence-electron chi connectivity index (χ3n) is 5.10. The number of aryl methyl sites for hydroxylation is 1. The van der Waals surface area contributed by atoms with Crippen molar-refractivity contribution in [1.29, 1.82) is 0 Å². The summed E-state index contributed by atoms with van der Waals surface area (Å²) in [6.45, 7) is 7.05. The van der Waals surface area contributed by atoms with E-state index in [-0.39, 0.29) is 6.61 Å². The van der Waals surface area contributed by atoms with Crippen molar-refractivity contribution in [2.45, 2.75) is 39.3 Å². The lowest BCUT2D eigenvalue weighted by atomic mass is 10.0. The molecule has 6 heteroatoms. The summed E-state index contributed by atoms with van der Waals surface area (Å²) in [5.41, 5.74) is 2.93. The van der Waals surface area contributed by atoms with Gasteiger partial charge in [0, 0.05) is 40.8 Å². The fraction of sp³-hybridized carbons (Fsp3) is 0.364. The molecule has 3 rings (SSSR count). The van der Waals surface area contributed by atoms with Crippen molar-refractivity contribution < 1.29 is 19.7 Å². The van der Waals surface area contributed by atoms with E-state index in [1.54, 1.807) is 20.8 Å². The van der Waals surface area contributed by atoms with Gasteiger partial charge in [0.15, 0.2) is 5.60 Å². The molecule has 3 aromatic rings. The predicted molar refractivity (Wildman–Crippen MR) is 112 cm³/mol. The second-order valence-corrected chi connectivity index (χ2v) is 7.80. The second kappa shape index (κ2) is 7.41. The van der Waals surface area contributed by atoms with Crippen LogP contribution in [0, 0.1) is 6.92 Å². The van der Waals surface area contributed by atoms with Crippen molar-refractivity contribution in [3.05, 3.63) is 53.2 Å². The molecule has 1 aromatic heterocycles. The van der Waals surface area contributed by atoms with Crippen LogP contribution >= 0.6 is 11.6 Å². The molecule has 150 valence electrons. The molecule has 2 aromatic carbocycles. The van der Waals surface area contributed by atoms with Crippen molar-refractivity contribution in [1.82, 2.24) is 4.57 Å². The Bertz CT molecular complexity index is 990. The summed E-state index contributed by atoms with van der Waals surface area (Å²) in [4.78, 5) is 0. The molecule has 0 aliphatic carbocycles. The molecule has 0 saturated carbocycles. The van der Waals surface area contributed by atoms with Gasteiger partial charge in [0.05, 0.1) is 0 Å². The SMILES string of the molecule is CCOC(O)(O)C(C)(C)Oc1ccc2c(c1)c(-c1ccc(Cl)cc1)c(C)n2C. The monoisotopic (exact) mass is 403 g/mol. The highest BCUT2D eigenvalue weighted by Crippen LogP contribution is 2.37. The number of hydrogen-bond donors (Lipinski definition) is 2. The zero-order valence-corrected chi connectivity index (χ0v) is 17.5. The van der Waals surface area contributed by atoms with E-state index in [4.69, 9.17) is 21.1 Å². The van der Waals surface area contributed by atoms with Gasteiger partial charge in [-0.05, 0) is 63.6 Å². The minimum atomic E-state index is -2.41. The molecule has 0 unspecified atom stereocenters. The first-order valence-corrected chi connectivity index (χ1v) is 9.58. The van der Waals surface area contributed by atoms with Gasteiger partial charge in [-0.1, -0.05) is 23.7 Å². The summed E-state index contributed by atoms with van der Waals surface area (Å²) >= 11 is 6.04. The van der Waals surface area contributed by atoms with Crippen LogP contribution in [0.1, 0.15) is 26.5 Å². The molecule has 28 heavy (non-hydrogen) atoms. The highest BCUT2D eigenvalue weighted by Gasteiger charge is 2.46. The van der Waals surface area contributed by atoms with Gasteiger partial charge in [-0.15, -0.1) is 0 Å². The minimum Gasteiger partial charge on any atom is -0.479 e. The highest BCUT2D eigenvalue weighted by atomic mass is 35.5. The first-order valence-electron chi connectivity index (χ1n) is 9.20. The number of ether oxygens (including phenoxy) is 2. The van der Waals surface area contributed by atoms with Crippen molar-refractivity contribution in [2.75, 3.05) is 6.61 Å². The molecular weight excluding hydrogens is 378 g/mol. The summed E-state index contributed by atoms with van der Waals surface area (Å²) in [6, 6.07) is 13.4. The third kappa shape index (κ3) is 3.63. The van der Waals surface area contributed by atoms with Crippen LogP contribution in [0.2, 0.25) is 5.02 Å². The molecule has 2 N–H and O–H groups in total. The summed E-state index contributed by atoms with van der Waals surface area (Å²) in [5.74, 6) is -1.90. The maximum Gasteiger partial charge on any atom is 0.319 e. The molecule has 1 heterocycles. The Morgan fingerprint density at radius 1 is 1.07 bits per heavy atom. The van der Waals surface area contributed by atoms with Crippen LogP contribution in [-0.4, -0.2) is 33.0 Å². The average molecular weight is 404 g/mol. The van der Waals surface area contributed by atoms with Crippen LogP contribution < -0.4 is 4.74 Å². The maximum absolute atomic E-state index is 10.2. The van der Waals surface area contributed by atoms with E-state index in [0.29, 0.717) is 10.8 Å². The van der Waals surface area contributed by atoms with Crippen molar-refractivity contribution in [2.24, 2.45) is 7.05 Å². The van der Waals surface area contributed by atoms with Gasteiger partial charge in [0.25, 0.3) is 0 Å². The van der Waals surface area contributed by atoms with Crippen LogP contribution in [0.5, 0.6) is 5.75 Å². The number of rotatable bonds is 6. The van der Waals surface area contributed by atoms with Gasteiger partial charge in [-0.3, -0.25) is 0 Å². The van der Waals surface area contributed by atoms with Gasteiger partial charge in [0.2, 0.25) is 0 Å². The number of nitrogens with zero attached hydrogens (tertiary/aromatic N) is 1. The zero-order chi connectivity index (χ0) is 20.7. The van der Waals surface area contributed by atoms with E-state index >= 15 is 0 Å². The Labute approximate surface area is 170 Å². The van der Waals surface area contributed by atoms with Crippen molar-refractivity contribution in [3.8, 4) is 16.9 Å². The molecule has 0 atom stereocenters. The average Bonchev–Trinajstić information content (AvgIpc) is 2.86. The second-order valence-electron chi connectivity index (χ2n) is 7.36. The number of hydrogen-bond acceptors (Lipinski definition) is 4. The third-order valence-corrected chi connectivity index (χ3v) is 5.35. The summed E-state index contributed by atoms with van der Waals surface area (Å²) < 4.78 is 13.1. The molecule has 0 aliphatic rings. The van der Waals surface area contributed by atoms with E-state index in [1.165, 1.54) is 0 Å². The van der Waals surface area contributed by atoms with Crippen LogP contribution in [0.25, 0.3) is 22.0 Å². The van der Waals surface area contributed by atoms with Crippen molar-refractivity contribution >= 4 is 22.5 Å². The quantitative estimate of drug-likeness (QED) is 0.588. The van der Waals surface area contributed by atoms with Gasteiger partial charge in [-0.2, -0.15) is 0 Å². The summed E-state index contributed by atoms with van der Waals surface area (Å²) in [6.07, 6.45) is 0. The number of aliphatic hydroxyl groups is 2. The number of benzene rings is 2. The first-order chi connectivity index (χ1) is 13.1. The maximum atomic E-state index is 10.2. The Morgan fingerprint density at radius 3 is 2.32 bits per heavy atom.